The highest BCUT2D eigenvalue weighted by Crippen LogP contribution is 2.28. The molecule has 0 aromatic carbocycles. The van der Waals surface area contributed by atoms with Crippen molar-refractivity contribution in [3.05, 3.63) is 0 Å². The average molecular weight is 229 g/mol. The summed E-state index contributed by atoms with van der Waals surface area (Å²) < 4.78 is 0. The van der Waals surface area contributed by atoms with Crippen molar-refractivity contribution in [2.75, 3.05) is 7.05 Å². The fourth-order valence-electron chi connectivity index (χ4n) is 2.22. The van der Waals surface area contributed by atoms with E-state index in [9.17, 15) is 9.59 Å². The molecular formula is C11H19NO4. The summed E-state index contributed by atoms with van der Waals surface area (Å²) in [4.78, 5) is 23.4. The van der Waals surface area contributed by atoms with E-state index in [-0.39, 0.29) is 12.0 Å². The predicted octanol–water partition coefficient (Wildman–Crippen LogP) is 1.03. The topological polar surface area (TPSA) is 77.8 Å². The Hall–Kier alpha value is -1.10. The van der Waals surface area contributed by atoms with Crippen LogP contribution in [0, 0.1) is 5.92 Å². The molecule has 0 aromatic heterocycles. The van der Waals surface area contributed by atoms with E-state index in [0.717, 1.165) is 12.8 Å². The molecule has 0 unspecified atom stereocenters. The molecule has 2 N–H and O–H groups in total. The number of likely N-dealkylation sites (N-methyl/N-ethyl adjacent to an activating group) is 1. The first-order valence-electron chi connectivity index (χ1n) is 5.61. The van der Waals surface area contributed by atoms with E-state index in [1.165, 1.54) is 0 Å². The molecule has 0 spiro atoms. The molecule has 0 bridgehead atoms. The average Bonchev–Trinajstić information content (AvgIpc) is 2.27. The van der Waals surface area contributed by atoms with Crippen molar-refractivity contribution in [3.8, 4) is 0 Å². The third-order valence-electron chi connectivity index (χ3n) is 3.59. The summed E-state index contributed by atoms with van der Waals surface area (Å²) in [5.41, 5.74) is 0. The Morgan fingerprint density at radius 1 is 1.19 bits per heavy atom. The SMILES string of the molecule is C[C@@H](C(=O)O)N(C)C1CCC(C(=O)O)CC1. The second kappa shape index (κ2) is 5.30. The summed E-state index contributed by atoms with van der Waals surface area (Å²) in [5.74, 6) is -1.81. The van der Waals surface area contributed by atoms with E-state index in [1.807, 2.05) is 4.90 Å². The molecule has 1 atom stereocenters. The van der Waals surface area contributed by atoms with Crippen LogP contribution in [-0.4, -0.2) is 46.2 Å². The zero-order chi connectivity index (χ0) is 12.3. The summed E-state index contributed by atoms with van der Waals surface area (Å²) >= 11 is 0. The first kappa shape index (κ1) is 13.0. The standard InChI is InChI=1S/C11H19NO4/c1-7(10(13)14)12(2)9-5-3-8(4-6-9)11(15)16/h7-9H,3-6H2,1-2H3,(H,13,14)(H,15,16)/t7-,8?,9?/m0/s1. The predicted molar refractivity (Wildman–Crippen MR) is 58.2 cm³/mol. The molecule has 92 valence electrons. The minimum Gasteiger partial charge on any atom is -0.481 e. The quantitative estimate of drug-likeness (QED) is 0.753. The van der Waals surface area contributed by atoms with Crippen LogP contribution < -0.4 is 0 Å². The number of carboxylic acids is 2. The second-order valence-electron chi connectivity index (χ2n) is 4.52. The first-order valence-corrected chi connectivity index (χ1v) is 5.61. The summed E-state index contributed by atoms with van der Waals surface area (Å²) in [6, 6.07) is -0.312. The van der Waals surface area contributed by atoms with Crippen LogP contribution in [0.2, 0.25) is 0 Å². The Morgan fingerprint density at radius 3 is 2.06 bits per heavy atom. The monoisotopic (exact) mass is 229 g/mol. The highest BCUT2D eigenvalue weighted by atomic mass is 16.4. The molecule has 0 amide bonds. The lowest BCUT2D eigenvalue weighted by Gasteiger charge is -2.35. The number of rotatable bonds is 4. The number of nitrogens with zero attached hydrogens (tertiary/aromatic N) is 1. The maximum absolute atomic E-state index is 10.8. The van der Waals surface area contributed by atoms with E-state index in [1.54, 1.807) is 14.0 Å². The van der Waals surface area contributed by atoms with Gasteiger partial charge in [0.1, 0.15) is 6.04 Å². The number of carbonyl (C=O) groups is 2. The van der Waals surface area contributed by atoms with Crippen molar-refractivity contribution < 1.29 is 19.8 Å². The zero-order valence-corrected chi connectivity index (χ0v) is 9.72. The fraction of sp³-hybridized carbons (Fsp3) is 0.818. The van der Waals surface area contributed by atoms with Gasteiger partial charge in [-0.2, -0.15) is 0 Å². The Morgan fingerprint density at radius 2 is 1.69 bits per heavy atom. The molecule has 1 rings (SSSR count). The van der Waals surface area contributed by atoms with E-state index in [4.69, 9.17) is 10.2 Å². The molecule has 0 radical (unpaired) electrons. The maximum Gasteiger partial charge on any atom is 0.320 e. The van der Waals surface area contributed by atoms with Gasteiger partial charge in [-0.15, -0.1) is 0 Å². The van der Waals surface area contributed by atoms with Gasteiger partial charge in [-0.05, 0) is 39.7 Å². The second-order valence-corrected chi connectivity index (χ2v) is 4.52. The van der Waals surface area contributed by atoms with Gasteiger partial charge in [-0.25, -0.2) is 0 Å². The van der Waals surface area contributed by atoms with Gasteiger partial charge in [0, 0.05) is 6.04 Å². The molecule has 5 heteroatoms. The minimum absolute atomic E-state index is 0.196. The van der Waals surface area contributed by atoms with Crippen molar-refractivity contribution in [2.45, 2.75) is 44.7 Å². The van der Waals surface area contributed by atoms with Crippen LogP contribution in [-0.2, 0) is 9.59 Å². The van der Waals surface area contributed by atoms with E-state index >= 15 is 0 Å². The smallest absolute Gasteiger partial charge is 0.320 e. The Kier molecular flexibility index (Phi) is 4.29. The van der Waals surface area contributed by atoms with Crippen molar-refractivity contribution in [1.29, 1.82) is 0 Å². The largest absolute Gasteiger partial charge is 0.481 e. The lowest BCUT2D eigenvalue weighted by molar-refractivity contribution is -0.146. The van der Waals surface area contributed by atoms with Crippen molar-refractivity contribution in [3.63, 3.8) is 0 Å². The molecule has 0 heterocycles. The van der Waals surface area contributed by atoms with Gasteiger partial charge in [-0.3, -0.25) is 14.5 Å². The van der Waals surface area contributed by atoms with Crippen molar-refractivity contribution in [1.82, 2.24) is 4.90 Å². The van der Waals surface area contributed by atoms with Gasteiger partial charge in [0.25, 0.3) is 0 Å². The Balaban J connectivity index is 2.47. The van der Waals surface area contributed by atoms with Crippen LogP contribution in [0.25, 0.3) is 0 Å². The van der Waals surface area contributed by atoms with E-state index in [2.05, 4.69) is 0 Å². The van der Waals surface area contributed by atoms with Crippen LogP contribution in [0.3, 0.4) is 0 Å². The lowest BCUT2D eigenvalue weighted by atomic mass is 9.85. The van der Waals surface area contributed by atoms with Crippen molar-refractivity contribution >= 4 is 11.9 Å². The summed E-state index contributed by atoms with van der Waals surface area (Å²) in [7, 11) is 1.80. The first-order chi connectivity index (χ1) is 7.43. The third-order valence-corrected chi connectivity index (χ3v) is 3.59. The zero-order valence-electron chi connectivity index (χ0n) is 9.72. The van der Waals surface area contributed by atoms with Gasteiger partial charge in [0.2, 0.25) is 0 Å². The molecule has 0 aliphatic heterocycles. The molecule has 0 saturated heterocycles. The number of hydrogen-bond donors (Lipinski definition) is 2. The fourth-order valence-corrected chi connectivity index (χ4v) is 2.22. The van der Waals surface area contributed by atoms with Gasteiger partial charge >= 0.3 is 11.9 Å². The van der Waals surface area contributed by atoms with Gasteiger partial charge in [0.15, 0.2) is 0 Å². The summed E-state index contributed by atoms with van der Waals surface area (Å²) in [6.45, 7) is 1.66. The molecular weight excluding hydrogens is 210 g/mol. The van der Waals surface area contributed by atoms with Crippen LogP contribution >= 0.6 is 0 Å². The van der Waals surface area contributed by atoms with Crippen molar-refractivity contribution in [2.24, 2.45) is 5.92 Å². The van der Waals surface area contributed by atoms with Crippen LogP contribution in [0.5, 0.6) is 0 Å². The highest BCUT2D eigenvalue weighted by molar-refractivity contribution is 5.73. The van der Waals surface area contributed by atoms with Crippen LogP contribution in [0.4, 0.5) is 0 Å². The third kappa shape index (κ3) is 2.95. The number of hydrogen-bond acceptors (Lipinski definition) is 3. The summed E-state index contributed by atoms with van der Waals surface area (Å²) in [5, 5.41) is 17.7. The number of carboxylic acid groups (broad SMARTS) is 2. The van der Waals surface area contributed by atoms with E-state index < -0.39 is 18.0 Å². The van der Waals surface area contributed by atoms with Crippen LogP contribution in [0.15, 0.2) is 0 Å². The Labute approximate surface area is 95.1 Å². The highest BCUT2D eigenvalue weighted by Gasteiger charge is 2.31. The molecule has 5 nitrogen and oxygen atoms in total. The maximum atomic E-state index is 10.8. The molecule has 1 aliphatic carbocycles. The molecule has 1 fully saturated rings. The molecule has 1 aliphatic rings. The van der Waals surface area contributed by atoms with E-state index in [0.29, 0.717) is 12.8 Å². The Bertz CT molecular complexity index is 271. The van der Waals surface area contributed by atoms with Gasteiger partial charge < -0.3 is 10.2 Å². The van der Waals surface area contributed by atoms with Gasteiger partial charge in [-0.1, -0.05) is 0 Å². The minimum atomic E-state index is -0.831. The number of aliphatic carboxylic acids is 2. The van der Waals surface area contributed by atoms with Crippen LogP contribution in [0.1, 0.15) is 32.6 Å². The molecule has 0 aromatic rings. The normalized spacial score (nSPS) is 27.7. The van der Waals surface area contributed by atoms with Gasteiger partial charge in [0.05, 0.1) is 5.92 Å². The lowest BCUT2D eigenvalue weighted by Crippen LogP contribution is -2.45. The summed E-state index contributed by atoms with van der Waals surface area (Å²) in [6.07, 6.45) is 2.84. The molecule has 16 heavy (non-hydrogen) atoms. The molecule has 1 saturated carbocycles.